The number of aromatic nitrogens is 5. The second-order valence-electron chi connectivity index (χ2n) is 6.45. The van der Waals surface area contributed by atoms with Crippen LogP contribution in [-0.4, -0.2) is 48.6 Å². The molecule has 0 aliphatic heterocycles. The van der Waals surface area contributed by atoms with Crippen LogP contribution in [0.3, 0.4) is 0 Å². The molecule has 4 aromatic rings. The summed E-state index contributed by atoms with van der Waals surface area (Å²) in [5.41, 5.74) is 9.29. The Bertz CT molecular complexity index is 1330. The van der Waals surface area contributed by atoms with Gasteiger partial charge < -0.3 is 5.73 Å². The number of nitrogens with zero attached hydrogens (tertiary/aromatic N) is 7. The van der Waals surface area contributed by atoms with Crippen LogP contribution < -0.4 is 11.2 Å². The Morgan fingerprint density at radius 2 is 1.94 bits per heavy atom. The lowest BCUT2D eigenvalue weighted by Gasteiger charge is -2.05. The first-order valence-electron chi connectivity index (χ1n) is 9.24. The maximum atomic E-state index is 12.8. The van der Waals surface area contributed by atoms with Crippen LogP contribution >= 0.6 is 11.8 Å². The number of nitro groups is 1. The number of carbonyl (C=O) groups excluding carboxylic acids is 1. The van der Waals surface area contributed by atoms with Crippen molar-refractivity contribution in [2.75, 3.05) is 12.0 Å². The third-order valence-corrected chi connectivity index (χ3v) is 5.17. The van der Waals surface area contributed by atoms with Gasteiger partial charge in [-0.3, -0.25) is 14.9 Å². The number of nitrogen functional groups attached to an aromatic ring is 1. The van der Waals surface area contributed by atoms with Gasteiger partial charge in [0.25, 0.3) is 11.6 Å². The summed E-state index contributed by atoms with van der Waals surface area (Å²) in [4.78, 5) is 24.4. The van der Waals surface area contributed by atoms with Gasteiger partial charge in [-0.15, -0.1) is 16.9 Å². The molecular formula is C19H15N9O4S. The maximum Gasteiger partial charge on any atom is 0.294 e. The Labute approximate surface area is 189 Å². The van der Waals surface area contributed by atoms with E-state index >= 15 is 0 Å². The molecule has 4 rings (SSSR count). The Hall–Kier alpha value is -4.59. The molecule has 0 radical (unpaired) electrons. The Morgan fingerprint density at radius 1 is 1.21 bits per heavy atom. The molecule has 2 aromatic heterocycles. The van der Waals surface area contributed by atoms with Gasteiger partial charge >= 0.3 is 0 Å². The van der Waals surface area contributed by atoms with Gasteiger partial charge in [0.2, 0.25) is 11.6 Å². The first-order chi connectivity index (χ1) is 16.0. The Kier molecular flexibility index (Phi) is 6.08. The van der Waals surface area contributed by atoms with E-state index in [0.717, 1.165) is 15.1 Å². The summed E-state index contributed by atoms with van der Waals surface area (Å²) in [6.45, 7) is 0. The van der Waals surface area contributed by atoms with Gasteiger partial charge in [-0.2, -0.15) is 9.78 Å². The number of nitrogens with one attached hydrogen (secondary N) is 1. The number of hydrogen-bond acceptors (Lipinski definition) is 11. The highest BCUT2D eigenvalue weighted by Gasteiger charge is 2.25. The molecule has 0 atom stereocenters. The van der Waals surface area contributed by atoms with Gasteiger partial charge in [-0.05, 0) is 46.4 Å². The lowest BCUT2D eigenvalue weighted by atomic mass is 10.1. The van der Waals surface area contributed by atoms with Crippen molar-refractivity contribution in [3.8, 4) is 17.1 Å². The molecule has 14 heteroatoms. The van der Waals surface area contributed by atoms with E-state index < -0.39 is 10.8 Å². The molecule has 0 aliphatic carbocycles. The summed E-state index contributed by atoms with van der Waals surface area (Å²) in [5, 5.41) is 30.0. The quantitative estimate of drug-likeness (QED) is 0.178. The highest BCUT2D eigenvalue weighted by molar-refractivity contribution is 7.98. The second kappa shape index (κ2) is 9.27. The van der Waals surface area contributed by atoms with Crippen LogP contribution in [0, 0.1) is 10.1 Å². The van der Waals surface area contributed by atoms with Crippen LogP contribution in [0.1, 0.15) is 16.1 Å². The van der Waals surface area contributed by atoms with Crippen molar-refractivity contribution in [2.45, 2.75) is 4.90 Å². The van der Waals surface area contributed by atoms with Gasteiger partial charge in [0.15, 0.2) is 5.69 Å². The molecule has 0 saturated heterocycles. The summed E-state index contributed by atoms with van der Waals surface area (Å²) in [6.07, 6.45) is 3.46. The third-order valence-electron chi connectivity index (χ3n) is 4.43. The van der Waals surface area contributed by atoms with Crippen molar-refractivity contribution >= 4 is 35.4 Å². The van der Waals surface area contributed by atoms with Crippen LogP contribution in [0.2, 0.25) is 0 Å². The molecule has 13 nitrogen and oxygen atoms in total. The SMILES string of the molecule is CSc1ccc(/C=N\NC(=O)c2nnn(-c3nonc3N)c2-c2ccc([N+](=O)[O-])cc2)cc1. The van der Waals surface area contributed by atoms with Crippen molar-refractivity contribution in [3.05, 3.63) is 69.9 Å². The summed E-state index contributed by atoms with van der Waals surface area (Å²) < 4.78 is 5.77. The molecule has 33 heavy (non-hydrogen) atoms. The molecular weight excluding hydrogens is 450 g/mol. The van der Waals surface area contributed by atoms with Gasteiger partial charge in [-0.25, -0.2) is 10.1 Å². The van der Waals surface area contributed by atoms with Gasteiger partial charge in [-0.1, -0.05) is 17.3 Å². The Morgan fingerprint density at radius 3 is 2.55 bits per heavy atom. The number of non-ortho nitro benzene ring substituents is 1. The van der Waals surface area contributed by atoms with Crippen molar-refractivity contribution in [1.82, 2.24) is 30.7 Å². The number of nitrogens with two attached hydrogens (primary N) is 1. The zero-order valence-corrected chi connectivity index (χ0v) is 17.8. The number of benzene rings is 2. The van der Waals surface area contributed by atoms with Crippen molar-refractivity contribution in [1.29, 1.82) is 0 Å². The minimum atomic E-state index is -0.665. The molecule has 0 fully saturated rings. The van der Waals surface area contributed by atoms with Crippen LogP contribution in [0.4, 0.5) is 11.5 Å². The smallest absolute Gasteiger partial charge is 0.294 e. The number of hydrazone groups is 1. The minimum Gasteiger partial charge on any atom is -0.378 e. The molecule has 0 unspecified atom stereocenters. The molecule has 2 aromatic carbocycles. The predicted octanol–water partition coefficient (Wildman–Crippen LogP) is 2.29. The van der Waals surface area contributed by atoms with E-state index in [4.69, 9.17) is 5.73 Å². The van der Waals surface area contributed by atoms with Crippen molar-refractivity contribution in [2.24, 2.45) is 5.10 Å². The number of carbonyl (C=O) groups is 1. The zero-order valence-electron chi connectivity index (χ0n) is 16.9. The molecule has 0 saturated carbocycles. The number of amides is 1. The van der Waals surface area contributed by atoms with E-state index in [2.05, 4.69) is 35.8 Å². The van der Waals surface area contributed by atoms with E-state index in [1.54, 1.807) is 11.8 Å². The minimum absolute atomic E-state index is 0.00675. The molecule has 0 bridgehead atoms. The highest BCUT2D eigenvalue weighted by atomic mass is 32.2. The second-order valence-corrected chi connectivity index (χ2v) is 7.33. The standard InChI is InChI=1S/C19H15N9O4S/c1-33-14-8-2-11(3-9-14)10-21-23-19(29)15-16(12-4-6-13(7-5-12)28(30)31)27(26-22-15)18-17(20)24-32-25-18/h2-10H,1H3,(H2,20,24)(H,23,29)/b21-10-. The van der Waals surface area contributed by atoms with Gasteiger partial charge in [0, 0.05) is 22.6 Å². The molecule has 1 amide bonds. The Balaban J connectivity index is 1.66. The average molecular weight is 465 g/mol. The third kappa shape index (κ3) is 4.54. The predicted molar refractivity (Wildman–Crippen MR) is 119 cm³/mol. The van der Waals surface area contributed by atoms with Crippen LogP contribution in [0.25, 0.3) is 17.1 Å². The number of nitro benzene ring substituents is 1. The normalized spacial score (nSPS) is 11.1. The summed E-state index contributed by atoms with van der Waals surface area (Å²) in [7, 11) is 0. The average Bonchev–Trinajstić information content (AvgIpc) is 3.45. The largest absolute Gasteiger partial charge is 0.378 e. The first kappa shape index (κ1) is 21.6. The summed E-state index contributed by atoms with van der Waals surface area (Å²) in [5.74, 6) is -0.740. The molecule has 166 valence electrons. The molecule has 2 heterocycles. The van der Waals surface area contributed by atoms with Gasteiger partial charge in [0.1, 0.15) is 5.69 Å². The van der Waals surface area contributed by atoms with E-state index in [1.807, 2.05) is 30.5 Å². The molecule has 0 aliphatic rings. The van der Waals surface area contributed by atoms with E-state index in [-0.39, 0.29) is 28.7 Å². The summed E-state index contributed by atoms with van der Waals surface area (Å²) in [6, 6.07) is 13.1. The lowest BCUT2D eigenvalue weighted by Crippen LogP contribution is -2.19. The van der Waals surface area contributed by atoms with Crippen LogP contribution in [0.15, 0.2) is 63.2 Å². The number of thioether (sulfide) groups is 1. The van der Waals surface area contributed by atoms with Crippen molar-refractivity contribution < 1.29 is 14.3 Å². The number of hydrogen-bond donors (Lipinski definition) is 2. The van der Waals surface area contributed by atoms with Crippen LogP contribution in [0.5, 0.6) is 0 Å². The fourth-order valence-corrected chi connectivity index (χ4v) is 3.24. The van der Waals surface area contributed by atoms with E-state index in [1.165, 1.54) is 30.5 Å². The zero-order chi connectivity index (χ0) is 23.4. The fraction of sp³-hybridized carbons (Fsp3) is 0.0526. The number of anilines is 1. The number of rotatable bonds is 7. The van der Waals surface area contributed by atoms with Crippen LogP contribution in [-0.2, 0) is 0 Å². The molecule has 3 N–H and O–H groups in total. The van der Waals surface area contributed by atoms with E-state index in [0.29, 0.717) is 5.56 Å². The first-order valence-corrected chi connectivity index (χ1v) is 10.5. The topological polar surface area (TPSA) is 180 Å². The van der Waals surface area contributed by atoms with Gasteiger partial charge in [0.05, 0.1) is 11.1 Å². The monoisotopic (exact) mass is 465 g/mol. The summed E-state index contributed by atoms with van der Waals surface area (Å²) >= 11 is 1.61. The van der Waals surface area contributed by atoms with Crippen molar-refractivity contribution in [3.63, 3.8) is 0 Å². The fourth-order valence-electron chi connectivity index (χ4n) is 2.83. The van der Waals surface area contributed by atoms with E-state index in [9.17, 15) is 14.9 Å². The highest BCUT2D eigenvalue weighted by Crippen LogP contribution is 2.28. The lowest BCUT2D eigenvalue weighted by molar-refractivity contribution is -0.384. The molecule has 0 spiro atoms. The maximum absolute atomic E-state index is 12.8.